The molecule has 0 saturated carbocycles. The van der Waals surface area contributed by atoms with Crippen LogP contribution in [-0.2, 0) is 16.0 Å². The van der Waals surface area contributed by atoms with Crippen molar-refractivity contribution in [1.29, 1.82) is 0 Å². The van der Waals surface area contributed by atoms with E-state index in [-0.39, 0.29) is 18.7 Å². The number of ether oxygens (including phenoxy) is 1. The largest absolute Gasteiger partial charge is 0.550 e. The molecule has 0 atom stereocenters. The van der Waals surface area contributed by atoms with Crippen molar-refractivity contribution in [1.82, 2.24) is 5.32 Å². The van der Waals surface area contributed by atoms with E-state index in [1.54, 1.807) is 0 Å². The first-order valence-electron chi connectivity index (χ1n) is 6.30. The maximum atomic E-state index is 11.2. The van der Waals surface area contributed by atoms with E-state index >= 15 is 0 Å². The maximum Gasteiger partial charge on any atom is 0.220 e. The molecular weight excluding hydrogens is 246 g/mol. The van der Waals surface area contributed by atoms with Gasteiger partial charge < -0.3 is 20.0 Å². The molecule has 5 heteroatoms. The zero-order chi connectivity index (χ0) is 14.1. The van der Waals surface area contributed by atoms with Crippen LogP contribution < -0.4 is 15.2 Å². The van der Waals surface area contributed by atoms with Gasteiger partial charge in [0, 0.05) is 12.4 Å². The van der Waals surface area contributed by atoms with Crippen LogP contribution in [0.4, 0.5) is 0 Å². The Morgan fingerprint density at radius 3 is 2.79 bits per heavy atom. The summed E-state index contributed by atoms with van der Waals surface area (Å²) in [7, 11) is 0. The van der Waals surface area contributed by atoms with Gasteiger partial charge in [-0.15, -0.1) is 0 Å². The molecule has 0 radical (unpaired) electrons. The summed E-state index contributed by atoms with van der Waals surface area (Å²) in [6, 6.07) is 7.76. The minimum Gasteiger partial charge on any atom is -0.550 e. The molecule has 0 unspecified atom stereocenters. The molecule has 0 aromatic heterocycles. The Morgan fingerprint density at radius 1 is 1.32 bits per heavy atom. The molecule has 0 bridgehead atoms. The van der Waals surface area contributed by atoms with Crippen LogP contribution in [0.2, 0.25) is 0 Å². The molecule has 0 fully saturated rings. The summed E-state index contributed by atoms with van der Waals surface area (Å²) >= 11 is 0. The SMILES string of the molecule is CCc1cccc(OCCNC(=O)CCC(=O)[O-])c1. The van der Waals surface area contributed by atoms with Gasteiger partial charge in [-0.3, -0.25) is 4.79 Å². The molecule has 0 saturated heterocycles. The maximum absolute atomic E-state index is 11.2. The molecule has 19 heavy (non-hydrogen) atoms. The van der Waals surface area contributed by atoms with Crippen molar-refractivity contribution in [3.05, 3.63) is 29.8 Å². The Kier molecular flexibility index (Phi) is 6.43. The van der Waals surface area contributed by atoms with Gasteiger partial charge in [0.25, 0.3) is 0 Å². The fourth-order valence-corrected chi connectivity index (χ4v) is 1.52. The zero-order valence-electron chi connectivity index (χ0n) is 11.0. The summed E-state index contributed by atoms with van der Waals surface area (Å²) in [6.07, 6.45) is 0.621. The van der Waals surface area contributed by atoms with Crippen LogP contribution >= 0.6 is 0 Å². The van der Waals surface area contributed by atoms with E-state index in [1.807, 2.05) is 24.3 Å². The Bertz CT molecular complexity index is 431. The highest BCUT2D eigenvalue weighted by Crippen LogP contribution is 2.13. The average molecular weight is 264 g/mol. The summed E-state index contributed by atoms with van der Waals surface area (Å²) in [5.74, 6) is -0.763. The lowest BCUT2D eigenvalue weighted by Crippen LogP contribution is -2.30. The number of nitrogens with one attached hydrogen (secondary N) is 1. The highest BCUT2D eigenvalue weighted by molar-refractivity contribution is 5.79. The Morgan fingerprint density at radius 2 is 2.11 bits per heavy atom. The van der Waals surface area contributed by atoms with Crippen molar-refractivity contribution in [2.24, 2.45) is 0 Å². The van der Waals surface area contributed by atoms with Gasteiger partial charge in [-0.2, -0.15) is 0 Å². The number of rotatable bonds is 8. The van der Waals surface area contributed by atoms with Crippen molar-refractivity contribution in [2.45, 2.75) is 26.2 Å². The van der Waals surface area contributed by atoms with Crippen LogP contribution in [0.15, 0.2) is 24.3 Å². The first-order valence-corrected chi connectivity index (χ1v) is 6.30. The first kappa shape index (κ1) is 15.0. The third-order valence-corrected chi connectivity index (χ3v) is 2.56. The van der Waals surface area contributed by atoms with Gasteiger partial charge in [0.15, 0.2) is 0 Å². The predicted octanol–water partition coefficient (Wildman–Crippen LogP) is 0.274. The highest BCUT2D eigenvalue weighted by Gasteiger charge is 2.01. The van der Waals surface area contributed by atoms with Gasteiger partial charge >= 0.3 is 0 Å². The molecule has 1 N–H and O–H groups in total. The highest BCUT2D eigenvalue weighted by atomic mass is 16.5. The fraction of sp³-hybridized carbons (Fsp3) is 0.429. The van der Waals surface area contributed by atoms with Crippen LogP contribution in [-0.4, -0.2) is 25.0 Å². The molecule has 5 nitrogen and oxygen atoms in total. The smallest absolute Gasteiger partial charge is 0.220 e. The number of carboxylic acid groups (broad SMARTS) is 1. The fourth-order valence-electron chi connectivity index (χ4n) is 1.52. The van der Waals surface area contributed by atoms with E-state index in [0.717, 1.165) is 12.2 Å². The summed E-state index contributed by atoms with van der Waals surface area (Å²) < 4.78 is 5.48. The second-order valence-corrected chi connectivity index (χ2v) is 4.07. The van der Waals surface area contributed by atoms with E-state index in [2.05, 4.69) is 12.2 Å². The summed E-state index contributed by atoms with van der Waals surface area (Å²) in [6.45, 7) is 2.77. The lowest BCUT2D eigenvalue weighted by Gasteiger charge is -2.09. The second kappa shape index (κ2) is 8.13. The quantitative estimate of drug-likeness (QED) is 0.684. The number of amides is 1. The molecule has 1 amide bonds. The number of benzene rings is 1. The van der Waals surface area contributed by atoms with Crippen LogP contribution in [0.3, 0.4) is 0 Å². The number of carbonyl (C=O) groups excluding carboxylic acids is 2. The van der Waals surface area contributed by atoms with Crippen molar-refractivity contribution in [3.8, 4) is 5.75 Å². The lowest BCUT2D eigenvalue weighted by atomic mass is 10.2. The van der Waals surface area contributed by atoms with Crippen LogP contribution in [0, 0.1) is 0 Å². The third-order valence-electron chi connectivity index (χ3n) is 2.56. The summed E-state index contributed by atoms with van der Waals surface area (Å²) in [5, 5.41) is 12.7. The number of hydrogen-bond donors (Lipinski definition) is 1. The summed E-state index contributed by atoms with van der Waals surface area (Å²) in [5.41, 5.74) is 1.19. The van der Waals surface area contributed by atoms with Crippen molar-refractivity contribution in [2.75, 3.05) is 13.2 Å². The van der Waals surface area contributed by atoms with Crippen LogP contribution in [0.5, 0.6) is 5.75 Å². The van der Waals surface area contributed by atoms with E-state index in [0.29, 0.717) is 13.2 Å². The van der Waals surface area contributed by atoms with Gasteiger partial charge in [0.1, 0.15) is 12.4 Å². The number of carbonyl (C=O) groups is 2. The first-order chi connectivity index (χ1) is 9.11. The minimum atomic E-state index is -1.22. The van der Waals surface area contributed by atoms with Crippen LogP contribution in [0.1, 0.15) is 25.3 Å². The molecule has 0 spiro atoms. The number of aryl methyl sites for hydroxylation is 1. The van der Waals surface area contributed by atoms with E-state index in [1.165, 1.54) is 5.56 Å². The normalized spacial score (nSPS) is 9.95. The second-order valence-electron chi connectivity index (χ2n) is 4.07. The lowest BCUT2D eigenvalue weighted by molar-refractivity contribution is -0.305. The summed E-state index contributed by atoms with van der Waals surface area (Å²) in [4.78, 5) is 21.4. The Labute approximate surface area is 112 Å². The Balaban J connectivity index is 2.19. The zero-order valence-corrected chi connectivity index (χ0v) is 11.0. The average Bonchev–Trinajstić information content (AvgIpc) is 2.41. The van der Waals surface area contributed by atoms with E-state index in [9.17, 15) is 14.7 Å². The molecular formula is C14H18NO4-. The van der Waals surface area contributed by atoms with Crippen molar-refractivity contribution < 1.29 is 19.4 Å². The van der Waals surface area contributed by atoms with Gasteiger partial charge in [-0.1, -0.05) is 19.1 Å². The molecule has 1 aromatic carbocycles. The van der Waals surface area contributed by atoms with Gasteiger partial charge in [-0.25, -0.2) is 0 Å². The molecule has 104 valence electrons. The molecule has 0 aliphatic rings. The predicted molar refractivity (Wildman–Crippen MR) is 68.6 cm³/mol. The molecule has 0 aliphatic heterocycles. The van der Waals surface area contributed by atoms with E-state index in [4.69, 9.17) is 4.74 Å². The molecule has 0 aliphatic carbocycles. The van der Waals surface area contributed by atoms with Crippen molar-refractivity contribution in [3.63, 3.8) is 0 Å². The third kappa shape index (κ3) is 6.45. The molecule has 1 aromatic rings. The number of carboxylic acids is 1. The van der Waals surface area contributed by atoms with Crippen LogP contribution in [0.25, 0.3) is 0 Å². The molecule has 1 rings (SSSR count). The number of hydrogen-bond acceptors (Lipinski definition) is 4. The topological polar surface area (TPSA) is 78.5 Å². The van der Waals surface area contributed by atoms with Crippen molar-refractivity contribution >= 4 is 11.9 Å². The number of aliphatic carboxylic acids is 1. The molecule has 0 heterocycles. The van der Waals surface area contributed by atoms with Gasteiger partial charge in [0.2, 0.25) is 5.91 Å². The Hall–Kier alpha value is -2.04. The van der Waals surface area contributed by atoms with Gasteiger partial charge in [-0.05, 0) is 30.5 Å². The van der Waals surface area contributed by atoms with E-state index < -0.39 is 5.97 Å². The monoisotopic (exact) mass is 264 g/mol. The van der Waals surface area contributed by atoms with Gasteiger partial charge in [0.05, 0.1) is 6.54 Å². The minimum absolute atomic E-state index is 0.0619. The standard InChI is InChI=1S/C14H19NO4/c1-2-11-4-3-5-12(10-11)19-9-8-15-13(16)6-7-14(17)18/h3-5,10H,2,6-9H2,1H3,(H,15,16)(H,17,18)/p-1.